The van der Waals surface area contributed by atoms with Gasteiger partial charge >= 0.3 is 6.09 Å². The monoisotopic (exact) mass is 215 g/mol. The molecule has 1 fully saturated rings. The summed E-state index contributed by atoms with van der Waals surface area (Å²) < 4.78 is 0. The molecule has 1 aliphatic rings. The van der Waals surface area contributed by atoms with E-state index < -0.39 is 6.09 Å². The molecule has 0 aromatic rings. The van der Waals surface area contributed by atoms with Crippen molar-refractivity contribution in [2.24, 2.45) is 5.92 Å². The Balaban J connectivity index is 2.44. The van der Waals surface area contributed by atoms with Gasteiger partial charge in [0.2, 0.25) is 0 Å². The average molecular weight is 215 g/mol. The van der Waals surface area contributed by atoms with Gasteiger partial charge in [-0.3, -0.25) is 0 Å². The molecule has 2 N–H and O–H groups in total. The predicted molar refractivity (Wildman–Crippen MR) is 57.9 cm³/mol. The summed E-state index contributed by atoms with van der Waals surface area (Å²) in [6, 6.07) is 0.172. The van der Waals surface area contributed by atoms with Gasteiger partial charge in [0.25, 0.3) is 0 Å². The zero-order valence-electron chi connectivity index (χ0n) is 9.35. The Morgan fingerprint density at radius 1 is 1.33 bits per heavy atom. The summed E-state index contributed by atoms with van der Waals surface area (Å²) in [6.45, 7) is 2.74. The topological polar surface area (TPSA) is 60.8 Å². The van der Waals surface area contributed by atoms with Crippen LogP contribution >= 0.6 is 0 Å². The van der Waals surface area contributed by atoms with Crippen LogP contribution in [0, 0.1) is 5.92 Å². The van der Waals surface area contributed by atoms with E-state index in [0.717, 1.165) is 31.6 Å². The molecule has 0 unspecified atom stereocenters. The molecule has 4 nitrogen and oxygen atoms in total. The quantitative estimate of drug-likeness (QED) is 0.753. The highest BCUT2D eigenvalue weighted by Crippen LogP contribution is 2.27. The molecule has 0 aliphatic heterocycles. The number of carbonyl (C=O) groups is 1. The number of amides is 1. The van der Waals surface area contributed by atoms with Gasteiger partial charge in [0.15, 0.2) is 0 Å². The Kier molecular flexibility index (Phi) is 4.88. The Hall–Kier alpha value is -0.770. The first kappa shape index (κ1) is 12.3. The zero-order chi connectivity index (χ0) is 11.3. The van der Waals surface area contributed by atoms with Gasteiger partial charge in [0, 0.05) is 19.2 Å². The third kappa shape index (κ3) is 3.70. The molecule has 4 heteroatoms. The van der Waals surface area contributed by atoms with Crippen molar-refractivity contribution in [1.82, 2.24) is 4.90 Å². The highest BCUT2D eigenvalue weighted by molar-refractivity contribution is 5.65. The van der Waals surface area contributed by atoms with Gasteiger partial charge in [-0.2, -0.15) is 0 Å². The summed E-state index contributed by atoms with van der Waals surface area (Å²) in [6.07, 6.45) is 3.88. The SMILES string of the molecule is CC1CCC(N(CCCO)C(=O)O)CC1. The Bertz CT molecular complexity index is 200. The molecule has 88 valence electrons. The fourth-order valence-electron chi connectivity index (χ4n) is 2.23. The van der Waals surface area contributed by atoms with E-state index in [-0.39, 0.29) is 12.6 Å². The van der Waals surface area contributed by atoms with Gasteiger partial charge in [0.1, 0.15) is 0 Å². The second-order valence-electron chi connectivity index (χ2n) is 4.47. The van der Waals surface area contributed by atoms with Crippen LogP contribution < -0.4 is 0 Å². The van der Waals surface area contributed by atoms with E-state index in [1.54, 1.807) is 0 Å². The van der Waals surface area contributed by atoms with Gasteiger partial charge in [-0.25, -0.2) is 4.79 Å². The Morgan fingerprint density at radius 2 is 1.93 bits per heavy atom. The van der Waals surface area contributed by atoms with Crippen molar-refractivity contribution < 1.29 is 15.0 Å². The smallest absolute Gasteiger partial charge is 0.407 e. The molecular formula is C11H21NO3. The average Bonchev–Trinajstić information content (AvgIpc) is 2.21. The minimum atomic E-state index is -0.844. The molecule has 1 saturated carbocycles. The van der Waals surface area contributed by atoms with Crippen LogP contribution in [-0.2, 0) is 0 Å². The molecular weight excluding hydrogens is 194 g/mol. The molecule has 0 radical (unpaired) electrons. The number of carboxylic acid groups (broad SMARTS) is 1. The van der Waals surface area contributed by atoms with E-state index in [9.17, 15) is 4.79 Å². The van der Waals surface area contributed by atoms with Crippen LogP contribution in [0.1, 0.15) is 39.0 Å². The number of hydrogen-bond acceptors (Lipinski definition) is 2. The van der Waals surface area contributed by atoms with Crippen LogP contribution in [0.25, 0.3) is 0 Å². The standard InChI is InChI=1S/C11H21NO3/c1-9-3-5-10(6-4-9)12(11(14)15)7-2-8-13/h9-10,13H,2-8H2,1H3,(H,14,15). The Labute approximate surface area is 90.9 Å². The molecule has 0 atom stereocenters. The first-order chi connectivity index (χ1) is 7.15. The summed E-state index contributed by atoms with van der Waals surface area (Å²) in [7, 11) is 0. The maximum Gasteiger partial charge on any atom is 0.407 e. The molecule has 0 bridgehead atoms. The summed E-state index contributed by atoms with van der Waals surface area (Å²) >= 11 is 0. The molecule has 1 amide bonds. The fraction of sp³-hybridized carbons (Fsp3) is 0.909. The van der Waals surface area contributed by atoms with E-state index in [4.69, 9.17) is 10.2 Å². The summed E-state index contributed by atoms with van der Waals surface area (Å²) in [5.41, 5.74) is 0. The minimum absolute atomic E-state index is 0.0624. The molecule has 15 heavy (non-hydrogen) atoms. The van der Waals surface area contributed by atoms with Crippen LogP contribution in [0.4, 0.5) is 4.79 Å². The maximum absolute atomic E-state index is 11.0. The van der Waals surface area contributed by atoms with Gasteiger partial charge in [-0.05, 0) is 38.0 Å². The zero-order valence-corrected chi connectivity index (χ0v) is 9.35. The first-order valence-corrected chi connectivity index (χ1v) is 5.75. The molecule has 0 spiro atoms. The Morgan fingerprint density at radius 3 is 2.40 bits per heavy atom. The van der Waals surface area contributed by atoms with Crippen LogP contribution in [-0.4, -0.2) is 40.4 Å². The van der Waals surface area contributed by atoms with Gasteiger partial charge in [0.05, 0.1) is 0 Å². The van der Waals surface area contributed by atoms with Crippen LogP contribution in [0.2, 0.25) is 0 Å². The lowest BCUT2D eigenvalue weighted by Crippen LogP contribution is -2.42. The van der Waals surface area contributed by atoms with Crippen molar-refractivity contribution in [3.63, 3.8) is 0 Å². The van der Waals surface area contributed by atoms with E-state index in [1.807, 2.05) is 0 Å². The van der Waals surface area contributed by atoms with Gasteiger partial charge in [-0.1, -0.05) is 6.92 Å². The second kappa shape index (κ2) is 5.95. The third-order valence-corrected chi connectivity index (χ3v) is 3.23. The largest absolute Gasteiger partial charge is 0.465 e. The highest BCUT2D eigenvalue weighted by Gasteiger charge is 2.26. The molecule has 0 aromatic heterocycles. The van der Waals surface area contributed by atoms with Gasteiger partial charge in [-0.15, -0.1) is 0 Å². The van der Waals surface area contributed by atoms with E-state index >= 15 is 0 Å². The number of aliphatic hydroxyl groups excluding tert-OH is 1. The normalized spacial score (nSPS) is 26.3. The molecule has 1 rings (SSSR count). The third-order valence-electron chi connectivity index (χ3n) is 3.23. The van der Waals surface area contributed by atoms with Crippen LogP contribution in [0.3, 0.4) is 0 Å². The van der Waals surface area contributed by atoms with Crippen molar-refractivity contribution in [2.75, 3.05) is 13.2 Å². The summed E-state index contributed by atoms with van der Waals surface area (Å²) in [5, 5.41) is 17.8. The van der Waals surface area contributed by atoms with Crippen molar-refractivity contribution in [2.45, 2.75) is 45.1 Å². The van der Waals surface area contributed by atoms with Crippen LogP contribution in [0.15, 0.2) is 0 Å². The maximum atomic E-state index is 11.0. The van der Waals surface area contributed by atoms with E-state index in [2.05, 4.69) is 6.92 Å². The number of aliphatic hydroxyl groups is 1. The predicted octanol–water partition coefficient (Wildman–Crippen LogP) is 1.93. The van der Waals surface area contributed by atoms with E-state index in [1.165, 1.54) is 4.90 Å². The van der Waals surface area contributed by atoms with Crippen molar-refractivity contribution >= 4 is 6.09 Å². The molecule has 1 aliphatic carbocycles. The van der Waals surface area contributed by atoms with Crippen molar-refractivity contribution in [3.05, 3.63) is 0 Å². The highest BCUT2D eigenvalue weighted by atomic mass is 16.4. The minimum Gasteiger partial charge on any atom is -0.465 e. The molecule has 0 saturated heterocycles. The lowest BCUT2D eigenvalue weighted by atomic mass is 9.86. The van der Waals surface area contributed by atoms with Gasteiger partial charge < -0.3 is 15.1 Å². The lowest BCUT2D eigenvalue weighted by Gasteiger charge is -2.34. The summed E-state index contributed by atoms with van der Waals surface area (Å²) in [4.78, 5) is 12.5. The molecule has 0 aromatic carbocycles. The molecule has 0 heterocycles. The van der Waals surface area contributed by atoms with E-state index in [0.29, 0.717) is 13.0 Å². The lowest BCUT2D eigenvalue weighted by molar-refractivity contribution is 0.1000. The number of rotatable bonds is 4. The number of nitrogens with zero attached hydrogens (tertiary/aromatic N) is 1. The van der Waals surface area contributed by atoms with Crippen LogP contribution in [0.5, 0.6) is 0 Å². The fourth-order valence-corrected chi connectivity index (χ4v) is 2.23. The summed E-state index contributed by atoms with van der Waals surface area (Å²) in [5.74, 6) is 0.731. The van der Waals surface area contributed by atoms with Crippen molar-refractivity contribution in [1.29, 1.82) is 0 Å². The van der Waals surface area contributed by atoms with Crippen molar-refractivity contribution in [3.8, 4) is 0 Å². The second-order valence-corrected chi connectivity index (χ2v) is 4.47. The first-order valence-electron chi connectivity index (χ1n) is 5.75. The number of hydrogen-bond donors (Lipinski definition) is 2.